The summed E-state index contributed by atoms with van der Waals surface area (Å²) < 4.78 is 5.72. The SMILES string of the molecule is CC(=O)Nc1ccccc1Oc1nc[nH]c(=O)c1Br. The van der Waals surface area contributed by atoms with Gasteiger partial charge < -0.3 is 15.0 Å². The highest BCUT2D eigenvalue weighted by molar-refractivity contribution is 9.10. The fraction of sp³-hybridized carbons (Fsp3) is 0.0833. The fourth-order valence-corrected chi connectivity index (χ4v) is 1.69. The van der Waals surface area contributed by atoms with E-state index in [0.29, 0.717) is 11.4 Å². The number of benzene rings is 1. The van der Waals surface area contributed by atoms with E-state index >= 15 is 0 Å². The predicted molar refractivity (Wildman–Crippen MR) is 73.4 cm³/mol. The summed E-state index contributed by atoms with van der Waals surface area (Å²) in [5, 5.41) is 2.63. The molecule has 7 heteroatoms. The van der Waals surface area contributed by atoms with E-state index in [9.17, 15) is 9.59 Å². The first-order valence-electron chi connectivity index (χ1n) is 5.35. The van der Waals surface area contributed by atoms with Crippen molar-refractivity contribution in [3.63, 3.8) is 0 Å². The Morgan fingerprint density at radius 3 is 2.89 bits per heavy atom. The van der Waals surface area contributed by atoms with Crippen molar-refractivity contribution in [3.05, 3.63) is 45.4 Å². The molecule has 0 bridgehead atoms. The number of aromatic amines is 1. The maximum Gasteiger partial charge on any atom is 0.268 e. The topological polar surface area (TPSA) is 84.1 Å². The number of hydrogen-bond donors (Lipinski definition) is 2. The lowest BCUT2D eigenvalue weighted by Gasteiger charge is -2.10. The maximum absolute atomic E-state index is 11.4. The Morgan fingerprint density at radius 2 is 2.16 bits per heavy atom. The van der Waals surface area contributed by atoms with Crippen LogP contribution in [-0.2, 0) is 4.79 Å². The molecule has 0 aliphatic heterocycles. The van der Waals surface area contributed by atoms with E-state index < -0.39 is 0 Å². The molecular formula is C12H10BrN3O3. The molecule has 0 spiro atoms. The second kappa shape index (κ2) is 5.66. The van der Waals surface area contributed by atoms with Gasteiger partial charge in [-0.15, -0.1) is 0 Å². The Morgan fingerprint density at radius 1 is 1.42 bits per heavy atom. The van der Waals surface area contributed by atoms with Crippen LogP contribution < -0.4 is 15.6 Å². The molecule has 2 N–H and O–H groups in total. The van der Waals surface area contributed by atoms with Gasteiger partial charge in [0.25, 0.3) is 5.56 Å². The zero-order valence-corrected chi connectivity index (χ0v) is 11.5. The number of hydrogen-bond acceptors (Lipinski definition) is 4. The summed E-state index contributed by atoms with van der Waals surface area (Å²) in [7, 11) is 0. The number of nitrogens with zero attached hydrogens (tertiary/aromatic N) is 1. The average Bonchev–Trinajstić information content (AvgIpc) is 2.36. The fourth-order valence-electron chi connectivity index (χ4n) is 1.39. The van der Waals surface area contributed by atoms with Crippen molar-refractivity contribution in [3.8, 4) is 11.6 Å². The summed E-state index contributed by atoms with van der Waals surface area (Å²) in [5.74, 6) is 0.312. The molecule has 6 nitrogen and oxygen atoms in total. The van der Waals surface area contributed by atoms with Gasteiger partial charge >= 0.3 is 0 Å². The number of halogens is 1. The van der Waals surface area contributed by atoms with Crippen molar-refractivity contribution >= 4 is 27.5 Å². The minimum absolute atomic E-state index is 0.126. The number of carbonyl (C=O) groups is 1. The van der Waals surface area contributed by atoms with Crippen LogP contribution in [0.15, 0.2) is 39.9 Å². The summed E-state index contributed by atoms with van der Waals surface area (Å²) in [6, 6.07) is 6.87. The number of aromatic nitrogens is 2. The lowest BCUT2D eigenvalue weighted by molar-refractivity contribution is -0.114. The van der Waals surface area contributed by atoms with Gasteiger partial charge in [0.05, 0.1) is 12.0 Å². The van der Waals surface area contributed by atoms with E-state index in [1.54, 1.807) is 24.3 Å². The van der Waals surface area contributed by atoms with Crippen molar-refractivity contribution < 1.29 is 9.53 Å². The van der Waals surface area contributed by atoms with Crippen molar-refractivity contribution in [2.45, 2.75) is 6.92 Å². The van der Waals surface area contributed by atoms with Crippen molar-refractivity contribution in [1.29, 1.82) is 0 Å². The number of nitrogens with one attached hydrogen (secondary N) is 2. The number of H-pyrrole nitrogens is 1. The summed E-state index contributed by atoms with van der Waals surface area (Å²) >= 11 is 3.09. The first kappa shape index (κ1) is 13.3. The van der Waals surface area contributed by atoms with E-state index in [1.807, 2.05) is 0 Å². The molecular weight excluding hydrogens is 314 g/mol. The summed E-state index contributed by atoms with van der Waals surface area (Å²) in [5.41, 5.74) is 0.158. The largest absolute Gasteiger partial charge is 0.435 e. The maximum atomic E-state index is 11.4. The van der Waals surface area contributed by atoms with Gasteiger partial charge in [0.1, 0.15) is 4.47 Å². The summed E-state index contributed by atoms with van der Waals surface area (Å²) in [6.45, 7) is 1.40. The third-order valence-electron chi connectivity index (χ3n) is 2.17. The van der Waals surface area contributed by atoms with Gasteiger partial charge in [-0.25, -0.2) is 4.98 Å². The van der Waals surface area contributed by atoms with Gasteiger partial charge in [-0.3, -0.25) is 9.59 Å². The normalized spacial score (nSPS) is 10.0. The molecule has 0 unspecified atom stereocenters. The molecule has 1 aromatic carbocycles. The molecule has 1 aromatic heterocycles. The minimum atomic E-state index is -0.345. The smallest absolute Gasteiger partial charge is 0.268 e. The standard InChI is InChI=1S/C12H10BrN3O3/c1-7(17)16-8-4-2-3-5-9(8)19-12-10(13)11(18)14-6-15-12/h2-6H,1H3,(H,16,17)(H,14,15,18). The van der Waals surface area contributed by atoms with Crippen LogP contribution in [-0.4, -0.2) is 15.9 Å². The van der Waals surface area contributed by atoms with Crippen LogP contribution in [0.2, 0.25) is 0 Å². The van der Waals surface area contributed by atoms with Crippen LogP contribution in [0.4, 0.5) is 5.69 Å². The monoisotopic (exact) mass is 323 g/mol. The van der Waals surface area contributed by atoms with Gasteiger partial charge in [-0.05, 0) is 28.1 Å². The quantitative estimate of drug-likeness (QED) is 0.907. The highest BCUT2D eigenvalue weighted by Gasteiger charge is 2.11. The van der Waals surface area contributed by atoms with E-state index in [4.69, 9.17) is 4.74 Å². The average molecular weight is 324 g/mol. The lowest BCUT2D eigenvalue weighted by Crippen LogP contribution is -2.10. The number of para-hydroxylation sites is 2. The first-order chi connectivity index (χ1) is 9.08. The van der Waals surface area contributed by atoms with Gasteiger partial charge in [-0.2, -0.15) is 0 Å². The van der Waals surface area contributed by atoms with Crippen molar-refractivity contribution in [1.82, 2.24) is 9.97 Å². The third kappa shape index (κ3) is 3.19. The van der Waals surface area contributed by atoms with Crippen LogP contribution in [0, 0.1) is 0 Å². The number of amides is 1. The third-order valence-corrected chi connectivity index (χ3v) is 2.87. The summed E-state index contributed by atoms with van der Waals surface area (Å²) in [4.78, 5) is 28.8. The van der Waals surface area contributed by atoms with Gasteiger partial charge in [0.2, 0.25) is 11.8 Å². The molecule has 2 rings (SSSR count). The Balaban J connectivity index is 2.35. The highest BCUT2D eigenvalue weighted by atomic mass is 79.9. The zero-order chi connectivity index (χ0) is 13.8. The zero-order valence-electron chi connectivity index (χ0n) is 9.94. The van der Waals surface area contributed by atoms with Crippen LogP contribution in [0.25, 0.3) is 0 Å². The Labute approximate surface area is 117 Å². The van der Waals surface area contributed by atoms with E-state index in [2.05, 4.69) is 31.2 Å². The van der Waals surface area contributed by atoms with Gasteiger partial charge in [0, 0.05) is 6.92 Å². The molecule has 0 radical (unpaired) electrons. The number of carbonyl (C=O) groups excluding carboxylic acids is 1. The Hall–Kier alpha value is -2.15. The lowest BCUT2D eigenvalue weighted by atomic mass is 10.3. The van der Waals surface area contributed by atoms with Crippen molar-refractivity contribution in [2.75, 3.05) is 5.32 Å². The molecule has 0 saturated heterocycles. The van der Waals surface area contributed by atoms with Crippen molar-refractivity contribution in [2.24, 2.45) is 0 Å². The molecule has 0 aliphatic carbocycles. The first-order valence-corrected chi connectivity index (χ1v) is 6.15. The summed E-state index contributed by atoms with van der Waals surface area (Å²) in [6.07, 6.45) is 1.24. The molecule has 0 fully saturated rings. The number of anilines is 1. The molecule has 98 valence electrons. The number of ether oxygens (including phenoxy) is 1. The van der Waals surface area contributed by atoms with Gasteiger partial charge in [-0.1, -0.05) is 12.1 Å². The molecule has 19 heavy (non-hydrogen) atoms. The number of rotatable bonds is 3. The van der Waals surface area contributed by atoms with Crippen LogP contribution in [0.1, 0.15) is 6.92 Å². The Bertz CT molecular complexity index is 669. The molecule has 0 atom stereocenters. The van der Waals surface area contributed by atoms with E-state index in [1.165, 1.54) is 13.3 Å². The van der Waals surface area contributed by atoms with Crippen LogP contribution in [0.3, 0.4) is 0 Å². The Kier molecular flexibility index (Phi) is 3.96. The molecule has 1 amide bonds. The minimum Gasteiger partial charge on any atom is -0.435 e. The van der Waals surface area contributed by atoms with Crippen LogP contribution in [0.5, 0.6) is 11.6 Å². The van der Waals surface area contributed by atoms with Gasteiger partial charge in [0.15, 0.2) is 5.75 Å². The molecule has 0 aliphatic rings. The highest BCUT2D eigenvalue weighted by Crippen LogP contribution is 2.30. The van der Waals surface area contributed by atoms with E-state index in [-0.39, 0.29) is 21.8 Å². The van der Waals surface area contributed by atoms with Crippen LogP contribution >= 0.6 is 15.9 Å². The second-order valence-electron chi connectivity index (χ2n) is 3.63. The molecule has 1 heterocycles. The second-order valence-corrected chi connectivity index (χ2v) is 4.42. The van der Waals surface area contributed by atoms with E-state index in [0.717, 1.165) is 0 Å². The predicted octanol–water partition coefficient (Wildman–Crippen LogP) is 2.28. The molecule has 2 aromatic rings. The molecule has 0 saturated carbocycles.